The molecule has 0 saturated carbocycles. The zero-order valence-electron chi connectivity index (χ0n) is 8.92. The van der Waals surface area contributed by atoms with Crippen molar-refractivity contribution < 1.29 is 0 Å². The van der Waals surface area contributed by atoms with Gasteiger partial charge in [0.05, 0.1) is 9.90 Å². The van der Waals surface area contributed by atoms with Crippen LogP contribution in [0.5, 0.6) is 0 Å². The maximum absolute atomic E-state index is 6.07. The molecule has 0 unspecified atom stereocenters. The first-order valence-electron chi connectivity index (χ1n) is 4.89. The molecule has 0 aromatic carbocycles. The molecule has 5 heteroatoms. The standard InChI is InChI=1S/C11H10Cl2N2S/c1-3-8-6(2)10(13)15-11(14-8)9-4-7(12)5-16-9/h4-5H,3H2,1-2H3. The summed E-state index contributed by atoms with van der Waals surface area (Å²) in [6, 6.07) is 1.85. The Morgan fingerprint density at radius 3 is 2.62 bits per heavy atom. The highest BCUT2D eigenvalue weighted by atomic mass is 35.5. The lowest BCUT2D eigenvalue weighted by molar-refractivity contribution is 0.979. The van der Waals surface area contributed by atoms with Crippen LogP contribution < -0.4 is 0 Å². The Bertz CT molecular complexity index is 523. The van der Waals surface area contributed by atoms with Gasteiger partial charge >= 0.3 is 0 Å². The summed E-state index contributed by atoms with van der Waals surface area (Å²) in [7, 11) is 0. The van der Waals surface area contributed by atoms with Gasteiger partial charge in [-0.25, -0.2) is 9.97 Å². The van der Waals surface area contributed by atoms with E-state index in [4.69, 9.17) is 23.2 Å². The van der Waals surface area contributed by atoms with Gasteiger partial charge in [-0.2, -0.15) is 0 Å². The zero-order valence-corrected chi connectivity index (χ0v) is 11.2. The lowest BCUT2D eigenvalue weighted by Gasteiger charge is -2.05. The van der Waals surface area contributed by atoms with Crippen molar-refractivity contribution in [3.8, 4) is 10.7 Å². The Kier molecular flexibility index (Phi) is 3.47. The second-order valence-electron chi connectivity index (χ2n) is 3.39. The van der Waals surface area contributed by atoms with E-state index in [1.165, 1.54) is 11.3 Å². The van der Waals surface area contributed by atoms with E-state index in [1.54, 1.807) is 0 Å². The van der Waals surface area contributed by atoms with Crippen LogP contribution in [0.4, 0.5) is 0 Å². The SMILES string of the molecule is CCc1nc(-c2cc(Cl)cs2)nc(Cl)c1C. The fourth-order valence-corrected chi connectivity index (χ4v) is 2.61. The molecule has 0 fully saturated rings. The third-order valence-corrected chi connectivity index (χ3v) is 3.95. The second kappa shape index (κ2) is 4.70. The lowest BCUT2D eigenvalue weighted by atomic mass is 10.2. The van der Waals surface area contributed by atoms with Crippen molar-refractivity contribution in [1.82, 2.24) is 9.97 Å². The number of nitrogens with zero attached hydrogens (tertiary/aromatic N) is 2. The first-order chi connectivity index (χ1) is 7.61. The number of thiophene rings is 1. The van der Waals surface area contributed by atoms with Gasteiger partial charge in [0.1, 0.15) is 5.15 Å². The Morgan fingerprint density at radius 2 is 2.06 bits per heavy atom. The minimum Gasteiger partial charge on any atom is -0.232 e. The Labute approximate surface area is 108 Å². The van der Waals surface area contributed by atoms with E-state index in [-0.39, 0.29) is 0 Å². The maximum Gasteiger partial charge on any atom is 0.171 e. The van der Waals surface area contributed by atoms with Gasteiger partial charge in [-0.1, -0.05) is 30.1 Å². The van der Waals surface area contributed by atoms with Crippen molar-refractivity contribution in [2.24, 2.45) is 0 Å². The van der Waals surface area contributed by atoms with Crippen LogP contribution >= 0.6 is 34.5 Å². The van der Waals surface area contributed by atoms with Crippen molar-refractivity contribution in [2.75, 3.05) is 0 Å². The van der Waals surface area contributed by atoms with E-state index in [9.17, 15) is 0 Å². The van der Waals surface area contributed by atoms with Crippen molar-refractivity contribution in [1.29, 1.82) is 0 Å². The van der Waals surface area contributed by atoms with Gasteiger partial charge in [0, 0.05) is 16.6 Å². The molecule has 0 N–H and O–H groups in total. The van der Waals surface area contributed by atoms with Crippen molar-refractivity contribution >= 4 is 34.5 Å². The number of aromatic nitrogens is 2. The van der Waals surface area contributed by atoms with E-state index in [0.717, 1.165) is 22.6 Å². The third kappa shape index (κ3) is 2.21. The topological polar surface area (TPSA) is 25.8 Å². The monoisotopic (exact) mass is 272 g/mol. The average molecular weight is 273 g/mol. The molecule has 2 heterocycles. The summed E-state index contributed by atoms with van der Waals surface area (Å²) in [6.45, 7) is 3.99. The Balaban J connectivity index is 2.54. The molecular formula is C11H10Cl2N2S. The molecule has 0 atom stereocenters. The van der Waals surface area contributed by atoms with Crippen LogP contribution in [0.3, 0.4) is 0 Å². The van der Waals surface area contributed by atoms with Gasteiger partial charge < -0.3 is 0 Å². The molecule has 2 aromatic heterocycles. The van der Waals surface area contributed by atoms with E-state index < -0.39 is 0 Å². The number of aryl methyl sites for hydroxylation is 1. The molecule has 0 radical (unpaired) electrons. The number of hydrogen-bond donors (Lipinski definition) is 0. The van der Waals surface area contributed by atoms with Crippen LogP contribution in [0.15, 0.2) is 11.4 Å². The molecule has 0 bridgehead atoms. The highest BCUT2D eigenvalue weighted by Crippen LogP contribution is 2.29. The van der Waals surface area contributed by atoms with Crippen molar-refractivity contribution in [2.45, 2.75) is 20.3 Å². The molecule has 0 amide bonds. The largest absolute Gasteiger partial charge is 0.232 e. The summed E-state index contributed by atoms with van der Waals surface area (Å²) in [6.07, 6.45) is 0.847. The Hall–Kier alpha value is -0.640. The highest BCUT2D eigenvalue weighted by molar-refractivity contribution is 7.14. The highest BCUT2D eigenvalue weighted by Gasteiger charge is 2.11. The van der Waals surface area contributed by atoms with Crippen LogP contribution in [0.1, 0.15) is 18.2 Å². The second-order valence-corrected chi connectivity index (χ2v) is 5.10. The smallest absolute Gasteiger partial charge is 0.171 e. The zero-order chi connectivity index (χ0) is 11.7. The fourth-order valence-electron chi connectivity index (χ4n) is 1.42. The Morgan fingerprint density at radius 1 is 1.31 bits per heavy atom. The van der Waals surface area contributed by atoms with Gasteiger partial charge in [-0.3, -0.25) is 0 Å². The number of halogens is 2. The van der Waals surface area contributed by atoms with Crippen LogP contribution in [0.25, 0.3) is 10.7 Å². The van der Waals surface area contributed by atoms with Crippen LogP contribution in [0, 0.1) is 6.92 Å². The molecule has 0 aliphatic heterocycles. The molecule has 0 aliphatic carbocycles. The summed E-state index contributed by atoms with van der Waals surface area (Å²) >= 11 is 13.5. The van der Waals surface area contributed by atoms with Crippen LogP contribution in [0.2, 0.25) is 10.2 Å². The van der Waals surface area contributed by atoms with Gasteiger partial charge in [0.15, 0.2) is 5.82 Å². The first kappa shape index (κ1) is 11.8. The average Bonchev–Trinajstić information content (AvgIpc) is 2.69. The van der Waals surface area contributed by atoms with Crippen LogP contribution in [-0.2, 0) is 6.42 Å². The molecule has 0 spiro atoms. The lowest BCUT2D eigenvalue weighted by Crippen LogP contribution is -1.98. The van der Waals surface area contributed by atoms with Crippen molar-refractivity contribution in [3.05, 3.63) is 32.9 Å². The first-order valence-corrected chi connectivity index (χ1v) is 6.52. The maximum atomic E-state index is 6.07. The summed E-state index contributed by atoms with van der Waals surface area (Å²) in [5.74, 6) is 0.657. The van der Waals surface area contributed by atoms with E-state index >= 15 is 0 Å². The predicted molar refractivity (Wildman–Crippen MR) is 69.5 cm³/mol. The van der Waals surface area contributed by atoms with Gasteiger partial charge in [0.25, 0.3) is 0 Å². The van der Waals surface area contributed by atoms with E-state index in [0.29, 0.717) is 16.0 Å². The quantitative estimate of drug-likeness (QED) is 0.759. The van der Waals surface area contributed by atoms with Crippen LogP contribution in [-0.4, -0.2) is 9.97 Å². The molecule has 2 rings (SSSR count). The molecule has 0 saturated heterocycles. The molecule has 2 aromatic rings. The van der Waals surface area contributed by atoms with Crippen molar-refractivity contribution in [3.63, 3.8) is 0 Å². The fraction of sp³-hybridized carbons (Fsp3) is 0.273. The molecule has 0 aliphatic rings. The molecule has 84 valence electrons. The predicted octanol–water partition coefficient (Wildman–Crippen LogP) is 4.38. The summed E-state index contributed by atoms with van der Waals surface area (Å²) < 4.78 is 0. The number of rotatable bonds is 2. The molecule has 2 nitrogen and oxygen atoms in total. The normalized spacial score (nSPS) is 10.8. The van der Waals surface area contributed by atoms with E-state index in [2.05, 4.69) is 16.9 Å². The van der Waals surface area contributed by atoms with Gasteiger partial charge in [-0.05, 0) is 19.4 Å². The number of hydrogen-bond acceptors (Lipinski definition) is 3. The summed E-state index contributed by atoms with van der Waals surface area (Å²) in [5.41, 5.74) is 1.94. The summed E-state index contributed by atoms with van der Waals surface area (Å²) in [4.78, 5) is 9.71. The molecule has 16 heavy (non-hydrogen) atoms. The molecular weight excluding hydrogens is 263 g/mol. The van der Waals surface area contributed by atoms with E-state index in [1.807, 2.05) is 18.4 Å². The summed E-state index contributed by atoms with van der Waals surface area (Å²) in [5, 5.41) is 3.09. The van der Waals surface area contributed by atoms with Gasteiger partial charge in [0.2, 0.25) is 0 Å². The minimum absolute atomic E-state index is 0.520. The minimum atomic E-state index is 0.520. The van der Waals surface area contributed by atoms with Gasteiger partial charge in [-0.15, -0.1) is 11.3 Å². The third-order valence-electron chi connectivity index (χ3n) is 2.31.